The van der Waals surface area contributed by atoms with E-state index in [0.717, 1.165) is 5.56 Å². The predicted octanol–water partition coefficient (Wildman–Crippen LogP) is 0.603. The van der Waals surface area contributed by atoms with Gasteiger partial charge in [-0.2, -0.15) is 0 Å². The summed E-state index contributed by atoms with van der Waals surface area (Å²) in [6.45, 7) is 2.00. The molecule has 1 fully saturated rings. The molecule has 1 heterocycles. The summed E-state index contributed by atoms with van der Waals surface area (Å²) in [5.74, 6) is -0.535. The first-order valence-corrected chi connectivity index (χ1v) is 7.01. The van der Waals surface area contributed by atoms with E-state index in [1.807, 2.05) is 12.1 Å². The minimum atomic E-state index is -0.367. The molecular weight excluding hydrogens is 272 g/mol. The van der Waals surface area contributed by atoms with Gasteiger partial charge in [0.1, 0.15) is 0 Å². The van der Waals surface area contributed by atoms with Gasteiger partial charge in [-0.25, -0.2) is 0 Å². The lowest BCUT2D eigenvalue weighted by Gasteiger charge is -2.26. The van der Waals surface area contributed by atoms with Crippen LogP contribution in [0.15, 0.2) is 24.3 Å². The second-order valence-corrected chi connectivity index (χ2v) is 4.90. The smallest absolute Gasteiger partial charge is 0.306 e. The van der Waals surface area contributed by atoms with Crippen LogP contribution < -0.4 is 5.73 Å². The Morgan fingerprint density at radius 3 is 2.52 bits per heavy atom. The number of nitrogens with zero attached hydrogens (tertiary/aromatic N) is 1. The number of esters is 1. The number of hydrogen-bond acceptors (Lipinski definition) is 5. The number of benzene rings is 1. The van der Waals surface area contributed by atoms with Crippen molar-refractivity contribution in [1.29, 1.82) is 0 Å². The maximum atomic E-state index is 11.8. The van der Waals surface area contributed by atoms with Crippen molar-refractivity contribution in [1.82, 2.24) is 4.90 Å². The van der Waals surface area contributed by atoms with Gasteiger partial charge in [0.05, 0.1) is 13.2 Å². The average molecular weight is 292 g/mol. The van der Waals surface area contributed by atoms with Crippen LogP contribution in [0.3, 0.4) is 0 Å². The van der Waals surface area contributed by atoms with E-state index >= 15 is 0 Å². The molecule has 1 aromatic rings. The molecular formula is C15H20N2O4. The summed E-state index contributed by atoms with van der Waals surface area (Å²) in [5, 5.41) is 0. The number of nitrogens with two attached hydrogens (primary N) is 1. The van der Waals surface area contributed by atoms with Crippen LogP contribution in [0.1, 0.15) is 12.0 Å². The molecule has 6 heteroatoms. The van der Waals surface area contributed by atoms with E-state index < -0.39 is 0 Å². The summed E-state index contributed by atoms with van der Waals surface area (Å²) < 4.78 is 10.2. The van der Waals surface area contributed by atoms with Gasteiger partial charge in [0.25, 0.3) is 5.91 Å². The summed E-state index contributed by atoms with van der Waals surface area (Å²) in [4.78, 5) is 25.1. The van der Waals surface area contributed by atoms with Crippen molar-refractivity contribution in [3.8, 4) is 0 Å². The maximum Gasteiger partial charge on any atom is 0.306 e. The fraction of sp³-hybridized carbons (Fsp3) is 0.467. The highest BCUT2D eigenvalue weighted by Gasteiger charge is 2.18. The quantitative estimate of drug-likeness (QED) is 0.635. The summed E-state index contributed by atoms with van der Waals surface area (Å²) >= 11 is 0. The topological polar surface area (TPSA) is 81.9 Å². The zero-order chi connectivity index (χ0) is 15.1. The SMILES string of the molecule is Nc1ccc(CCC(=O)OCC(=O)N2CCOCC2)cc1. The molecule has 0 spiro atoms. The van der Waals surface area contributed by atoms with Crippen LogP contribution in [0.5, 0.6) is 0 Å². The molecule has 0 atom stereocenters. The third-order valence-electron chi connectivity index (χ3n) is 3.32. The van der Waals surface area contributed by atoms with Crippen LogP contribution in [0.25, 0.3) is 0 Å². The fourth-order valence-electron chi connectivity index (χ4n) is 2.05. The molecule has 0 saturated carbocycles. The van der Waals surface area contributed by atoms with Crippen LogP contribution in [-0.4, -0.2) is 49.7 Å². The van der Waals surface area contributed by atoms with E-state index in [1.54, 1.807) is 17.0 Å². The van der Waals surface area contributed by atoms with Crippen LogP contribution in [0.2, 0.25) is 0 Å². The van der Waals surface area contributed by atoms with Crippen molar-refractivity contribution in [2.45, 2.75) is 12.8 Å². The molecule has 114 valence electrons. The standard InChI is InChI=1S/C15H20N2O4/c16-13-4-1-12(2-5-13)3-6-15(19)21-11-14(18)17-7-9-20-10-8-17/h1-2,4-5H,3,6-11,16H2. The van der Waals surface area contributed by atoms with Crippen molar-refractivity contribution in [2.24, 2.45) is 0 Å². The molecule has 0 unspecified atom stereocenters. The fourth-order valence-corrected chi connectivity index (χ4v) is 2.05. The summed E-state index contributed by atoms with van der Waals surface area (Å²) in [6, 6.07) is 7.34. The lowest BCUT2D eigenvalue weighted by Crippen LogP contribution is -2.42. The Morgan fingerprint density at radius 1 is 1.19 bits per heavy atom. The number of amides is 1. The first-order chi connectivity index (χ1) is 10.1. The Hall–Kier alpha value is -2.08. The maximum absolute atomic E-state index is 11.8. The first kappa shape index (κ1) is 15.3. The van der Waals surface area contributed by atoms with Gasteiger partial charge in [-0.05, 0) is 24.1 Å². The zero-order valence-corrected chi connectivity index (χ0v) is 11.9. The second kappa shape index (κ2) is 7.64. The molecule has 0 aliphatic carbocycles. The zero-order valence-electron chi connectivity index (χ0n) is 11.9. The highest BCUT2D eigenvalue weighted by atomic mass is 16.5. The van der Waals surface area contributed by atoms with Crippen LogP contribution >= 0.6 is 0 Å². The van der Waals surface area contributed by atoms with Crippen molar-refractivity contribution in [3.05, 3.63) is 29.8 Å². The van der Waals surface area contributed by atoms with Gasteiger partial charge in [0, 0.05) is 25.2 Å². The lowest BCUT2D eigenvalue weighted by molar-refractivity contribution is -0.153. The normalized spacial score (nSPS) is 14.8. The van der Waals surface area contributed by atoms with E-state index in [0.29, 0.717) is 38.4 Å². The van der Waals surface area contributed by atoms with Crippen molar-refractivity contribution >= 4 is 17.6 Å². The molecule has 0 radical (unpaired) electrons. The molecule has 2 rings (SSSR count). The summed E-state index contributed by atoms with van der Waals surface area (Å²) in [5.41, 5.74) is 7.30. The highest BCUT2D eigenvalue weighted by molar-refractivity contribution is 5.80. The largest absolute Gasteiger partial charge is 0.456 e. The van der Waals surface area contributed by atoms with Crippen LogP contribution in [0, 0.1) is 0 Å². The third-order valence-corrected chi connectivity index (χ3v) is 3.32. The number of aryl methyl sites for hydroxylation is 1. The molecule has 1 aromatic carbocycles. The van der Waals surface area contributed by atoms with Gasteiger partial charge in [-0.15, -0.1) is 0 Å². The van der Waals surface area contributed by atoms with E-state index in [-0.39, 0.29) is 24.9 Å². The van der Waals surface area contributed by atoms with Crippen LogP contribution in [0.4, 0.5) is 5.69 Å². The number of rotatable bonds is 5. The van der Waals surface area contributed by atoms with Gasteiger partial charge in [-0.3, -0.25) is 9.59 Å². The molecule has 6 nitrogen and oxygen atoms in total. The van der Waals surface area contributed by atoms with E-state index in [4.69, 9.17) is 15.2 Å². The molecule has 1 amide bonds. The number of morpholine rings is 1. The number of carbonyl (C=O) groups is 2. The monoisotopic (exact) mass is 292 g/mol. The number of nitrogen functional groups attached to an aromatic ring is 1. The molecule has 0 aromatic heterocycles. The van der Waals surface area contributed by atoms with Crippen molar-refractivity contribution < 1.29 is 19.1 Å². The molecule has 21 heavy (non-hydrogen) atoms. The summed E-state index contributed by atoms with van der Waals surface area (Å²) in [7, 11) is 0. The molecule has 1 aliphatic heterocycles. The molecule has 1 saturated heterocycles. The van der Waals surface area contributed by atoms with Crippen molar-refractivity contribution in [2.75, 3.05) is 38.6 Å². The van der Waals surface area contributed by atoms with E-state index in [1.165, 1.54) is 0 Å². The van der Waals surface area contributed by atoms with E-state index in [9.17, 15) is 9.59 Å². The van der Waals surface area contributed by atoms with Gasteiger partial charge < -0.3 is 20.1 Å². The number of anilines is 1. The number of carbonyl (C=O) groups excluding carboxylic acids is 2. The minimum Gasteiger partial charge on any atom is -0.456 e. The van der Waals surface area contributed by atoms with Gasteiger partial charge in [0.2, 0.25) is 0 Å². The van der Waals surface area contributed by atoms with Crippen molar-refractivity contribution in [3.63, 3.8) is 0 Å². The Labute approximate surface area is 123 Å². The number of ether oxygens (including phenoxy) is 2. The Bertz CT molecular complexity index is 481. The Kier molecular flexibility index (Phi) is 5.57. The summed E-state index contributed by atoms with van der Waals surface area (Å²) in [6.07, 6.45) is 0.825. The average Bonchev–Trinajstić information content (AvgIpc) is 2.53. The molecule has 0 bridgehead atoms. The molecule has 2 N–H and O–H groups in total. The van der Waals surface area contributed by atoms with Crippen LogP contribution in [-0.2, 0) is 25.5 Å². The van der Waals surface area contributed by atoms with Gasteiger partial charge >= 0.3 is 5.97 Å². The minimum absolute atomic E-state index is 0.167. The highest BCUT2D eigenvalue weighted by Crippen LogP contribution is 2.08. The molecule has 1 aliphatic rings. The lowest BCUT2D eigenvalue weighted by atomic mass is 10.1. The first-order valence-electron chi connectivity index (χ1n) is 7.01. The Balaban J connectivity index is 1.67. The Morgan fingerprint density at radius 2 is 1.86 bits per heavy atom. The second-order valence-electron chi connectivity index (χ2n) is 4.90. The van der Waals surface area contributed by atoms with E-state index in [2.05, 4.69) is 0 Å². The third kappa shape index (κ3) is 5.07. The van der Waals surface area contributed by atoms with Gasteiger partial charge in [0.15, 0.2) is 6.61 Å². The number of hydrogen-bond donors (Lipinski definition) is 1. The predicted molar refractivity (Wildman–Crippen MR) is 77.5 cm³/mol. The van der Waals surface area contributed by atoms with Gasteiger partial charge in [-0.1, -0.05) is 12.1 Å².